The zero-order valence-electron chi connectivity index (χ0n) is 19.8. The van der Waals surface area contributed by atoms with E-state index in [9.17, 15) is 24.0 Å². The number of carbonyl (C=O) groups excluding carboxylic acids is 5. The van der Waals surface area contributed by atoms with Gasteiger partial charge in [0.1, 0.15) is 6.04 Å². The highest BCUT2D eigenvalue weighted by Gasteiger charge is 2.46. The van der Waals surface area contributed by atoms with E-state index in [1.54, 1.807) is 12.1 Å². The van der Waals surface area contributed by atoms with Gasteiger partial charge in [0, 0.05) is 30.7 Å². The van der Waals surface area contributed by atoms with Crippen LogP contribution in [0.2, 0.25) is 0 Å². The number of nitrogens with zero attached hydrogens (tertiary/aromatic N) is 2. The molecule has 196 valence electrons. The van der Waals surface area contributed by atoms with E-state index in [1.807, 2.05) is 4.90 Å². The van der Waals surface area contributed by atoms with E-state index in [4.69, 9.17) is 5.73 Å². The molecule has 10 nitrogen and oxygen atoms in total. The molecule has 0 radical (unpaired) electrons. The van der Waals surface area contributed by atoms with Crippen LogP contribution in [0, 0.1) is 5.92 Å². The Kier molecular flexibility index (Phi) is 8.32. The molecule has 1 aliphatic carbocycles. The second-order valence-electron chi connectivity index (χ2n) is 9.77. The summed E-state index contributed by atoms with van der Waals surface area (Å²) in [4.78, 5) is 65.4. The summed E-state index contributed by atoms with van der Waals surface area (Å²) in [6, 6.07) is 3.78. The van der Waals surface area contributed by atoms with Crippen molar-refractivity contribution >= 4 is 60.0 Å². The number of benzene rings is 1. The number of rotatable bonds is 5. The van der Waals surface area contributed by atoms with Crippen LogP contribution in [0.4, 0.5) is 5.69 Å². The van der Waals surface area contributed by atoms with Gasteiger partial charge in [0.15, 0.2) is 0 Å². The molecule has 4 N–H and O–H groups in total. The fraction of sp³-hybridized carbons (Fsp3) is 0.542. The fourth-order valence-corrected chi connectivity index (χ4v) is 5.64. The number of halogens is 2. The smallest absolute Gasteiger partial charge is 0.264 e. The number of fused-ring (bicyclic) bond motifs is 1. The first kappa shape index (κ1) is 27.9. The summed E-state index contributed by atoms with van der Waals surface area (Å²) >= 11 is 0. The van der Waals surface area contributed by atoms with Gasteiger partial charge in [-0.05, 0) is 56.6 Å². The minimum atomic E-state index is -1.03. The van der Waals surface area contributed by atoms with E-state index in [2.05, 4.69) is 10.6 Å². The first-order valence-electron chi connectivity index (χ1n) is 11.9. The topological polar surface area (TPSA) is 142 Å². The number of carbonyl (C=O) groups is 5. The number of piperidine rings is 2. The summed E-state index contributed by atoms with van der Waals surface area (Å²) in [6.07, 6.45) is 5.27. The van der Waals surface area contributed by atoms with Crippen molar-refractivity contribution in [1.29, 1.82) is 0 Å². The van der Waals surface area contributed by atoms with E-state index in [-0.39, 0.29) is 66.8 Å². The lowest BCUT2D eigenvalue weighted by Crippen LogP contribution is -2.56. The van der Waals surface area contributed by atoms with Gasteiger partial charge in [0.2, 0.25) is 17.7 Å². The fourth-order valence-electron chi connectivity index (χ4n) is 5.64. The predicted octanol–water partition coefficient (Wildman–Crippen LogP) is 1.46. The van der Waals surface area contributed by atoms with Gasteiger partial charge in [-0.25, -0.2) is 0 Å². The highest BCUT2D eigenvalue weighted by atomic mass is 35.5. The lowest BCUT2D eigenvalue weighted by Gasteiger charge is -2.48. The van der Waals surface area contributed by atoms with Gasteiger partial charge in [-0.3, -0.25) is 34.2 Å². The van der Waals surface area contributed by atoms with Crippen molar-refractivity contribution in [2.75, 3.05) is 25.0 Å². The van der Waals surface area contributed by atoms with Crippen LogP contribution in [0.25, 0.3) is 0 Å². The second-order valence-corrected chi connectivity index (χ2v) is 9.77. The van der Waals surface area contributed by atoms with Crippen LogP contribution >= 0.6 is 24.8 Å². The molecular weight excluding hydrogens is 509 g/mol. The molecule has 5 rings (SSSR count). The highest BCUT2D eigenvalue weighted by molar-refractivity contribution is 6.25. The zero-order valence-corrected chi connectivity index (χ0v) is 21.4. The minimum absolute atomic E-state index is 0. The molecule has 1 unspecified atom stereocenters. The van der Waals surface area contributed by atoms with Crippen molar-refractivity contribution in [3.05, 3.63) is 29.3 Å². The maximum atomic E-state index is 13.2. The molecule has 2 saturated heterocycles. The third kappa shape index (κ3) is 4.81. The summed E-state index contributed by atoms with van der Waals surface area (Å²) in [5, 5.41) is 5.22. The molecule has 0 aromatic heterocycles. The maximum absolute atomic E-state index is 13.2. The number of hydrogen-bond acceptors (Lipinski definition) is 7. The summed E-state index contributed by atoms with van der Waals surface area (Å²) < 4.78 is 0. The highest BCUT2D eigenvalue weighted by Crippen LogP contribution is 2.40. The Hall–Kier alpha value is -2.69. The average Bonchev–Trinajstić information content (AvgIpc) is 3.06. The summed E-state index contributed by atoms with van der Waals surface area (Å²) in [5.74, 6) is -1.86. The normalized spacial score (nSPS) is 23.2. The van der Waals surface area contributed by atoms with E-state index >= 15 is 0 Å². The summed E-state index contributed by atoms with van der Waals surface area (Å²) in [5.41, 5.74) is 7.13. The molecule has 1 saturated carbocycles. The molecule has 1 aromatic rings. The van der Waals surface area contributed by atoms with Crippen molar-refractivity contribution in [1.82, 2.24) is 15.1 Å². The molecule has 36 heavy (non-hydrogen) atoms. The molecule has 5 amide bonds. The molecule has 0 bridgehead atoms. The number of hydrogen-bond donors (Lipinski definition) is 3. The van der Waals surface area contributed by atoms with Crippen LogP contribution in [-0.2, 0) is 14.4 Å². The van der Waals surface area contributed by atoms with Crippen LogP contribution in [0.3, 0.4) is 0 Å². The number of amides is 5. The molecule has 0 spiro atoms. The predicted molar refractivity (Wildman–Crippen MR) is 136 cm³/mol. The third-order valence-corrected chi connectivity index (χ3v) is 7.84. The SMILES string of the molecule is Cl.Cl.NC1(C2CCN(C(=O)CNc3cccc4c3C(=O)N(C3CCC(=O)NC3=O)C4=O)CC2)CCC1. The molecule has 3 heterocycles. The van der Waals surface area contributed by atoms with E-state index in [0.717, 1.165) is 30.6 Å². The zero-order chi connectivity index (χ0) is 24.0. The third-order valence-electron chi connectivity index (χ3n) is 7.84. The second kappa shape index (κ2) is 10.7. The molecule has 4 aliphatic rings. The molecular formula is C24H31Cl2N5O5. The van der Waals surface area contributed by atoms with Gasteiger partial charge in [0.25, 0.3) is 11.8 Å². The molecule has 3 aliphatic heterocycles. The Morgan fingerprint density at radius 1 is 1.06 bits per heavy atom. The minimum Gasteiger partial charge on any atom is -0.375 e. The largest absolute Gasteiger partial charge is 0.375 e. The molecule has 1 atom stereocenters. The van der Waals surface area contributed by atoms with Crippen LogP contribution in [0.5, 0.6) is 0 Å². The monoisotopic (exact) mass is 539 g/mol. The Balaban J connectivity index is 0.00000180. The van der Waals surface area contributed by atoms with Crippen molar-refractivity contribution in [2.24, 2.45) is 11.7 Å². The van der Waals surface area contributed by atoms with Crippen LogP contribution in [0.15, 0.2) is 18.2 Å². The van der Waals surface area contributed by atoms with Gasteiger partial charge in [-0.1, -0.05) is 6.07 Å². The van der Waals surface area contributed by atoms with Crippen molar-refractivity contribution < 1.29 is 24.0 Å². The van der Waals surface area contributed by atoms with Crippen LogP contribution in [-0.4, -0.2) is 70.6 Å². The number of nitrogens with two attached hydrogens (primary N) is 1. The van der Waals surface area contributed by atoms with Crippen LogP contribution < -0.4 is 16.4 Å². The van der Waals surface area contributed by atoms with E-state index in [1.165, 1.54) is 12.5 Å². The summed E-state index contributed by atoms with van der Waals surface area (Å²) in [6.45, 7) is 1.32. The number of imide groups is 2. The standard InChI is InChI=1S/C24H29N5O5.2ClH/c25-24(9-2-10-24)14-7-11-28(12-8-14)19(31)13-26-16-4-1-3-15-20(16)23(34)29(22(15)33)17-5-6-18(30)27-21(17)32;;/h1,3-4,14,17,26H,2,5-13,25H2,(H,27,30,32);2*1H. The van der Waals surface area contributed by atoms with Gasteiger partial charge in [-0.2, -0.15) is 0 Å². The number of likely N-dealkylation sites (tertiary alicyclic amines) is 1. The lowest BCUT2D eigenvalue weighted by atomic mass is 9.66. The van der Waals surface area contributed by atoms with Crippen molar-refractivity contribution in [3.63, 3.8) is 0 Å². The first-order valence-corrected chi connectivity index (χ1v) is 11.9. The van der Waals surface area contributed by atoms with E-state index < -0.39 is 29.7 Å². The van der Waals surface area contributed by atoms with Gasteiger partial charge in [0.05, 0.1) is 17.7 Å². The Morgan fingerprint density at radius 3 is 2.36 bits per heavy atom. The van der Waals surface area contributed by atoms with Crippen LogP contribution in [0.1, 0.15) is 65.7 Å². The average molecular weight is 540 g/mol. The Labute approximate surface area is 221 Å². The molecule has 12 heteroatoms. The van der Waals surface area contributed by atoms with Gasteiger partial charge in [-0.15, -0.1) is 24.8 Å². The Bertz CT molecular complexity index is 1080. The van der Waals surface area contributed by atoms with Gasteiger partial charge >= 0.3 is 0 Å². The lowest BCUT2D eigenvalue weighted by molar-refractivity contribution is -0.136. The number of nitrogens with one attached hydrogen (secondary N) is 2. The summed E-state index contributed by atoms with van der Waals surface area (Å²) in [7, 11) is 0. The van der Waals surface area contributed by atoms with E-state index in [0.29, 0.717) is 24.7 Å². The number of anilines is 1. The molecule has 3 fully saturated rings. The van der Waals surface area contributed by atoms with Crippen molar-refractivity contribution in [3.8, 4) is 0 Å². The Morgan fingerprint density at radius 2 is 1.75 bits per heavy atom. The quantitative estimate of drug-likeness (QED) is 0.480. The van der Waals surface area contributed by atoms with Crippen molar-refractivity contribution in [2.45, 2.75) is 56.5 Å². The molecule has 1 aromatic carbocycles. The first-order chi connectivity index (χ1) is 16.3. The maximum Gasteiger partial charge on any atom is 0.264 e. The van der Waals surface area contributed by atoms with Gasteiger partial charge < -0.3 is 16.0 Å².